The lowest BCUT2D eigenvalue weighted by Crippen LogP contribution is -2.33. The van der Waals surface area contributed by atoms with Crippen molar-refractivity contribution < 1.29 is 0 Å². The van der Waals surface area contributed by atoms with E-state index in [1.807, 2.05) is 0 Å². The zero-order valence-electron chi connectivity index (χ0n) is 10.8. The zero-order valence-corrected chi connectivity index (χ0v) is 10.8. The van der Waals surface area contributed by atoms with Gasteiger partial charge in [-0.2, -0.15) is 0 Å². The molecule has 0 radical (unpaired) electrons. The highest BCUT2D eigenvalue weighted by Crippen LogP contribution is 2.23. The van der Waals surface area contributed by atoms with Crippen molar-refractivity contribution in [3.63, 3.8) is 0 Å². The van der Waals surface area contributed by atoms with E-state index >= 15 is 0 Å². The van der Waals surface area contributed by atoms with E-state index in [4.69, 9.17) is 0 Å². The molecule has 0 amide bonds. The number of nitrogens with one attached hydrogen (secondary N) is 1. The van der Waals surface area contributed by atoms with E-state index in [2.05, 4.69) is 24.4 Å². The maximum Gasteiger partial charge on any atom is 0.00672 e. The molecule has 1 nitrogen and oxygen atoms in total. The van der Waals surface area contributed by atoms with Gasteiger partial charge in [0.2, 0.25) is 0 Å². The first-order valence-electron chi connectivity index (χ1n) is 7.23. The van der Waals surface area contributed by atoms with E-state index in [-0.39, 0.29) is 0 Å². The van der Waals surface area contributed by atoms with Crippen LogP contribution in [0.1, 0.15) is 58.3 Å². The van der Waals surface area contributed by atoms with E-state index < -0.39 is 0 Å². The zero-order chi connectivity index (χ0) is 11.2. The molecule has 0 saturated heterocycles. The first-order valence-corrected chi connectivity index (χ1v) is 7.23. The maximum absolute atomic E-state index is 3.82. The average Bonchev–Trinajstić information content (AvgIpc) is 2.53. The van der Waals surface area contributed by atoms with Crippen LogP contribution in [-0.2, 0) is 0 Å². The fourth-order valence-corrected chi connectivity index (χ4v) is 3.07. The Morgan fingerprint density at radius 3 is 2.81 bits per heavy atom. The quantitative estimate of drug-likeness (QED) is 0.563. The average molecular weight is 221 g/mol. The Morgan fingerprint density at radius 1 is 1.06 bits per heavy atom. The number of hydrogen-bond acceptors (Lipinski definition) is 1. The molecule has 0 aromatic rings. The fourth-order valence-electron chi connectivity index (χ4n) is 3.07. The Kier molecular flexibility index (Phi) is 4.90. The van der Waals surface area contributed by atoms with Crippen LogP contribution in [0.4, 0.5) is 0 Å². The topological polar surface area (TPSA) is 12.0 Å². The van der Waals surface area contributed by atoms with Gasteiger partial charge in [0.15, 0.2) is 0 Å². The maximum atomic E-state index is 3.82. The van der Waals surface area contributed by atoms with Gasteiger partial charge in [0.05, 0.1) is 0 Å². The predicted molar refractivity (Wildman–Crippen MR) is 70.5 cm³/mol. The van der Waals surface area contributed by atoms with Crippen LogP contribution in [0.25, 0.3) is 0 Å². The molecule has 3 atom stereocenters. The molecule has 1 saturated carbocycles. The van der Waals surface area contributed by atoms with Crippen LogP contribution in [0, 0.1) is 11.8 Å². The Bertz CT molecular complexity index is 221. The summed E-state index contributed by atoms with van der Waals surface area (Å²) in [5.74, 6) is 1.87. The van der Waals surface area contributed by atoms with Gasteiger partial charge in [-0.05, 0) is 56.9 Å². The van der Waals surface area contributed by atoms with Gasteiger partial charge >= 0.3 is 0 Å². The minimum atomic E-state index is 0.816. The molecule has 16 heavy (non-hydrogen) atoms. The first-order chi connectivity index (χ1) is 7.84. The molecule has 1 fully saturated rings. The van der Waals surface area contributed by atoms with Gasteiger partial charge in [0.1, 0.15) is 0 Å². The summed E-state index contributed by atoms with van der Waals surface area (Å²) in [7, 11) is 0. The van der Waals surface area contributed by atoms with Crippen molar-refractivity contribution in [2.45, 2.75) is 64.3 Å². The Balaban J connectivity index is 1.66. The summed E-state index contributed by atoms with van der Waals surface area (Å²) in [6.07, 6.45) is 15.8. The van der Waals surface area contributed by atoms with Crippen molar-refractivity contribution in [1.82, 2.24) is 5.32 Å². The van der Waals surface area contributed by atoms with Crippen LogP contribution >= 0.6 is 0 Å². The molecule has 0 heterocycles. The van der Waals surface area contributed by atoms with Crippen LogP contribution < -0.4 is 5.32 Å². The third-order valence-corrected chi connectivity index (χ3v) is 4.33. The minimum absolute atomic E-state index is 0.816. The first kappa shape index (κ1) is 12.2. The molecule has 0 bridgehead atoms. The third-order valence-electron chi connectivity index (χ3n) is 4.33. The second kappa shape index (κ2) is 6.44. The van der Waals surface area contributed by atoms with Gasteiger partial charge in [-0.3, -0.25) is 0 Å². The summed E-state index contributed by atoms with van der Waals surface area (Å²) in [5.41, 5.74) is 0. The molecule has 2 aliphatic carbocycles. The highest BCUT2D eigenvalue weighted by atomic mass is 14.9. The molecule has 3 unspecified atom stereocenters. The van der Waals surface area contributed by atoms with Crippen molar-refractivity contribution in [3.8, 4) is 0 Å². The van der Waals surface area contributed by atoms with Crippen LogP contribution in [0.3, 0.4) is 0 Å². The lowest BCUT2D eigenvalue weighted by Gasteiger charge is -2.22. The molecule has 2 aliphatic rings. The lowest BCUT2D eigenvalue weighted by atomic mass is 9.94. The summed E-state index contributed by atoms with van der Waals surface area (Å²) in [4.78, 5) is 0. The van der Waals surface area contributed by atoms with Gasteiger partial charge in [-0.1, -0.05) is 31.9 Å². The van der Waals surface area contributed by atoms with Gasteiger partial charge in [0.25, 0.3) is 0 Å². The molecule has 0 aromatic heterocycles. The fraction of sp³-hybridized carbons (Fsp3) is 0.867. The third kappa shape index (κ3) is 3.93. The summed E-state index contributed by atoms with van der Waals surface area (Å²) in [5, 5.41) is 3.82. The standard InChI is InChI=1S/C15H27N/c1-13-6-5-9-15(11-10-13)16-12-14-7-3-2-4-8-14/h2-3,13-16H,4-12H2,1H3. The second-order valence-corrected chi connectivity index (χ2v) is 5.87. The Hall–Kier alpha value is -0.300. The molecule has 0 aliphatic heterocycles. The van der Waals surface area contributed by atoms with Crippen molar-refractivity contribution >= 4 is 0 Å². The minimum Gasteiger partial charge on any atom is -0.314 e. The molecular weight excluding hydrogens is 194 g/mol. The van der Waals surface area contributed by atoms with E-state index in [9.17, 15) is 0 Å². The van der Waals surface area contributed by atoms with Crippen molar-refractivity contribution in [2.24, 2.45) is 11.8 Å². The number of hydrogen-bond donors (Lipinski definition) is 1. The van der Waals surface area contributed by atoms with Crippen molar-refractivity contribution in [3.05, 3.63) is 12.2 Å². The Labute approximate surface area is 101 Å². The van der Waals surface area contributed by atoms with Gasteiger partial charge in [-0.25, -0.2) is 0 Å². The van der Waals surface area contributed by atoms with Gasteiger partial charge in [-0.15, -0.1) is 0 Å². The predicted octanol–water partition coefficient (Wildman–Crippen LogP) is 3.90. The summed E-state index contributed by atoms with van der Waals surface area (Å²) < 4.78 is 0. The van der Waals surface area contributed by atoms with Crippen LogP contribution in [-0.4, -0.2) is 12.6 Å². The van der Waals surface area contributed by atoms with Gasteiger partial charge < -0.3 is 5.32 Å². The SMILES string of the molecule is CC1CCCC(NCC2CC=CCC2)CC1. The molecule has 92 valence electrons. The molecular formula is C15H27N. The Morgan fingerprint density at radius 2 is 2.00 bits per heavy atom. The van der Waals surface area contributed by atoms with Gasteiger partial charge in [0, 0.05) is 6.04 Å². The molecule has 0 spiro atoms. The lowest BCUT2D eigenvalue weighted by molar-refractivity contribution is 0.378. The number of allylic oxidation sites excluding steroid dienone is 2. The van der Waals surface area contributed by atoms with E-state index in [0.29, 0.717) is 0 Å². The summed E-state index contributed by atoms with van der Waals surface area (Å²) in [6.45, 7) is 3.66. The molecule has 1 N–H and O–H groups in total. The highest BCUT2D eigenvalue weighted by Gasteiger charge is 2.17. The van der Waals surface area contributed by atoms with Crippen molar-refractivity contribution in [1.29, 1.82) is 0 Å². The highest BCUT2D eigenvalue weighted by molar-refractivity contribution is 4.91. The largest absolute Gasteiger partial charge is 0.314 e. The summed E-state index contributed by atoms with van der Waals surface area (Å²) in [6, 6.07) is 0.816. The monoisotopic (exact) mass is 221 g/mol. The molecule has 0 aromatic carbocycles. The van der Waals surface area contributed by atoms with E-state index in [1.165, 1.54) is 57.9 Å². The summed E-state index contributed by atoms with van der Waals surface area (Å²) >= 11 is 0. The van der Waals surface area contributed by atoms with E-state index in [0.717, 1.165) is 17.9 Å². The molecule has 1 heteroatoms. The normalized spacial score (nSPS) is 35.9. The van der Waals surface area contributed by atoms with Crippen LogP contribution in [0.15, 0.2) is 12.2 Å². The number of rotatable bonds is 3. The van der Waals surface area contributed by atoms with Crippen molar-refractivity contribution in [2.75, 3.05) is 6.54 Å². The van der Waals surface area contributed by atoms with E-state index in [1.54, 1.807) is 0 Å². The smallest absolute Gasteiger partial charge is 0.00672 e. The molecule has 2 rings (SSSR count). The van der Waals surface area contributed by atoms with Crippen LogP contribution in [0.5, 0.6) is 0 Å². The van der Waals surface area contributed by atoms with Crippen LogP contribution in [0.2, 0.25) is 0 Å². The second-order valence-electron chi connectivity index (χ2n) is 5.87.